The first kappa shape index (κ1) is 22.9. The lowest BCUT2D eigenvalue weighted by Crippen LogP contribution is -2.18. The summed E-state index contributed by atoms with van der Waals surface area (Å²) in [7, 11) is 1.61. The zero-order valence-corrected chi connectivity index (χ0v) is 20.4. The molecule has 1 heterocycles. The van der Waals surface area contributed by atoms with Gasteiger partial charge in [0.15, 0.2) is 17.3 Å². The summed E-state index contributed by atoms with van der Waals surface area (Å²) in [6.45, 7) is 2.79. The Morgan fingerprint density at radius 2 is 2.07 bits per heavy atom. The largest absolute Gasteiger partial charge is 0.493 e. The molecule has 0 aliphatic rings. The van der Waals surface area contributed by atoms with Crippen molar-refractivity contribution >= 4 is 51.3 Å². The van der Waals surface area contributed by atoms with Gasteiger partial charge in [-0.05, 0) is 42.9 Å². The number of ether oxygens (including phenoxy) is 2. The molecule has 0 amide bonds. The Morgan fingerprint density at radius 1 is 1.27 bits per heavy atom. The molecule has 0 unspecified atom stereocenters. The molecule has 2 N–H and O–H groups in total. The molecule has 6 nitrogen and oxygen atoms in total. The highest BCUT2D eigenvalue weighted by Gasteiger charge is 2.16. The van der Waals surface area contributed by atoms with Crippen molar-refractivity contribution in [2.24, 2.45) is 0 Å². The number of aromatic nitrogens is 3. The monoisotopic (exact) mass is 530 g/mol. The van der Waals surface area contributed by atoms with E-state index < -0.39 is 0 Å². The summed E-state index contributed by atoms with van der Waals surface area (Å²) in [5.41, 5.74) is 5.02. The minimum Gasteiger partial charge on any atom is -0.493 e. The molecular weight excluding hydrogens is 511 g/mol. The second kappa shape index (κ2) is 10.5. The molecule has 160 valence electrons. The van der Waals surface area contributed by atoms with Crippen LogP contribution in [0.25, 0.3) is 0 Å². The van der Waals surface area contributed by atoms with Crippen molar-refractivity contribution in [1.29, 1.82) is 0 Å². The van der Waals surface area contributed by atoms with E-state index >= 15 is 0 Å². The summed E-state index contributed by atoms with van der Waals surface area (Å²) in [5, 5.41) is 8.23. The van der Waals surface area contributed by atoms with E-state index in [-0.39, 0.29) is 6.61 Å². The number of halogens is 3. The van der Waals surface area contributed by atoms with Crippen molar-refractivity contribution in [3.8, 4) is 11.5 Å². The summed E-state index contributed by atoms with van der Waals surface area (Å²) in [5.74, 6) is 2.07. The van der Waals surface area contributed by atoms with Crippen LogP contribution in [0.15, 0.2) is 34.8 Å². The number of benzene rings is 2. The van der Waals surface area contributed by atoms with Gasteiger partial charge in [-0.3, -0.25) is 5.10 Å². The Morgan fingerprint density at radius 3 is 2.77 bits per heavy atom. The fourth-order valence-electron chi connectivity index (χ4n) is 2.90. The first-order valence-electron chi connectivity index (χ1n) is 9.26. The van der Waals surface area contributed by atoms with E-state index in [9.17, 15) is 0 Å². The molecule has 0 fully saturated rings. The second-order valence-corrected chi connectivity index (χ2v) is 8.53. The fraction of sp³-hybridized carbons (Fsp3) is 0.300. The SMILES string of the molecule is CCCc1n[nH]c(=S)n1NCc1c(Br)ccc(OC)c1OCc1ccc(Cl)cc1Cl. The van der Waals surface area contributed by atoms with E-state index in [0.29, 0.717) is 32.9 Å². The van der Waals surface area contributed by atoms with Gasteiger partial charge in [-0.15, -0.1) is 0 Å². The quantitative estimate of drug-likeness (QED) is 0.317. The third-order valence-corrected chi connectivity index (χ3v) is 6.01. The molecule has 0 bridgehead atoms. The van der Waals surface area contributed by atoms with Gasteiger partial charge < -0.3 is 14.9 Å². The van der Waals surface area contributed by atoms with E-state index in [0.717, 1.165) is 34.3 Å². The van der Waals surface area contributed by atoms with Crippen LogP contribution >= 0.6 is 51.3 Å². The molecule has 10 heteroatoms. The molecule has 0 spiro atoms. The first-order chi connectivity index (χ1) is 14.4. The predicted octanol–water partition coefficient (Wildman–Crippen LogP) is 6.29. The van der Waals surface area contributed by atoms with Gasteiger partial charge >= 0.3 is 0 Å². The lowest BCUT2D eigenvalue weighted by Gasteiger charge is -2.18. The number of aromatic amines is 1. The van der Waals surface area contributed by atoms with E-state index in [1.165, 1.54) is 0 Å². The molecule has 3 rings (SSSR count). The summed E-state index contributed by atoms with van der Waals surface area (Å²) < 4.78 is 14.8. The van der Waals surface area contributed by atoms with E-state index in [1.54, 1.807) is 23.9 Å². The van der Waals surface area contributed by atoms with Crippen LogP contribution in [0.3, 0.4) is 0 Å². The minimum absolute atomic E-state index is 0.266. The number of nitrogens with zero attached hydrogens (tertiary/aromatic N) is 2. The van der Waals surface area contributed by atoms with Gasteiger partial charge in [0, 0.05) is 32.1 Å². The Kier molecular flexibility index (Phi) is 8.05. The molecule has 0 aliphatic carbocycles. The van der Waals surface area contributed by atoms with Gasteiger partial charge in [-0.1, -0.05) is 52.1 Å². The van der Waals surface area contributed by atoms with Crippen LogP contribution in [-0.4, -0.2) is 22.0 Å². The second-order valence-electron chi connectivity index (χ2n) is 6.45. The molecule has 2 aromatic carbocycles. The molecule has 0 saturated heterocycles. The van der Waals surface area contributed by atoms with Crippen LogP contribution in [0.1, 0.15) is 30.3 Å². The van der Waals surface area contributed by atoms with Gasteiger partial charge in [0.05, 0.1) is 13.7 Å². The van der Waals surface area contributed by atoms with Crippen molar-refractivity contribution in [3.05, 3.63) is 66.6 Å². The number of H-pyrrole nitrogens is 1. The zero-order chi connectivity index (χ0) is 21.7. The molecule has 3 aromatic rings. The maximum Gasteiger partial charge on any atom is 0.214 e. The number of nitrogens with one attached hydrogen (secondary N) is 2. The third kappa shape index (κ3) is 5.29. The third-order valence-electron chi connectivity index (χ3n) is 4.40. The Hall–Kier alpha value is -1.74. The van der Waals surface area contributed by atoms with Crippen molar-refractivity contribution in [2.75, 3.05) is 12.5 Å². The number of aryl methyl sites for hydroxylation is 1. The number of hydrogen-bond donors (Lipinski definition) is 2. The maximum absolute atomic E-state index is 6.29. The highest BCUT2D eigenvalue weighted by molar-refractivity contribution is 9.10. The van der Waals surface area contributed by atoms with Crippen LogP contribution in [0, 0.1) is 4.77 Å². The Bertz CT molecular complexity index is 1090. The molecule has 0 radical (unpaired) electrons. The van der Waals surface area contributed by atoms with E-state index in [1.807, 2.05) is 18.2 Å². The normalized spacial score (nSPS) is 10.8. The molecule has 30 heavy (non-hydrogen) atoms. The smallest absolute Gasteiger partial charge is 0.214 e. The van der Waals surface area contributed by atoms with Crippen molar-refractivity contribution < 1.29 is 9.47 Å². The van der Waals surface area contributed by atoms with Crippen LogP contribution in [-0.2, 0) is 19.6 Å². The molecular formula is C20H21BrCl2N4O2S. The number of methoxy groups -OCH3 is 1. The first-order valence-corrected chi connectivity index (χ1v) is 11.2. The number of hydrogen-bond acceptors (Lipinski definition) is 5. The van der Waals surface area contributed by atoms with Gasteiger partial charge in [0.2, 0.25) is 4.77 Å². The Balaban J connectivity index is 1.87. The Labute approximate surface area is 198 Å². The van der Waals surface area contributed by atoms with Crippen LogP contribution < -0.4 is 14.9 Å². The molecule has 0 saturated carbocycles. The fourth-order valence-corrected chi connectivity index (χ4v) is 4.03. The van der Waals surface area contributed by atoms with Gasteiger partial charge in [-0.25, -0.2) is 4.68 Å². The standard InChI is InChI=1S/C20H21BrCl2N4O2S/c1-3-4-18-25-26-20(30)27(18)24-10-14-15(21)7-8-17(28-2)19(14)29-11-12-5-6-13(22)9-16(12)23/h5-9,24H,3-4,10-11H2,1-2H3,(H,26,30). The van der Waals surface area contributed by atoms with Gasteiger partial charge in [0.25, 0.3) is 0 Å². The molecule has 0 aliphatic heterocycles. The van der Waals surface area contributed by atoms with Crippen molar-refractivity contribution in [1.82, 2.24) is 14.9 Å². The minimum atomic E-state index is 0.266. The summed E-state index contributed by atoms with van der Waals surface area (Å²) >= 11 is 21.2. The van der Waals surface area contributed by atoms with Gasteiger partial charge in [0.1, 0.15) is 6.61 Å². The molecule has 1 aromatic heterocycles. The van der Waals surface area contributed by atoms with E-state index in [2.05, 4.69) is 38.5 Å². The zero-order valence-electron chi connectivity index (χ0n) is 16.5. The van der Waals surface area contributed by atoms with Crippen LogP contribution in [0.2, 0.25) is 10.0 Å². The number of rotatable bonds is 9. The highest BCUT2D eigenvalue weighted by atomic mass is 79.9. The van der Waals surface area contributed by atoms with Crippen molar-refractivity contribution in [2.45, 2.75) is 32.9 Å². The highest BCUT2D eigenvalue weighted by Crippen LogP contribution is 2.37. The molecule has 0 atom stereocenters. The topological polar surface area (TPSA) is 64.1 Å². The lowest BCUT2D eigenvalue weighted by atomic mass is 10.1. The summed E-state index contributed by atoms with van der Waals surface area (Å²) in [4.78, 5) is 0. The average molecular weight is 532 g/mol. The average Bonchev–Trinajstić information content (AvgIpc) is 3.06. The summed E-state index contributed by atoms with van der Waals surface area (Å²) in [6, 6.07) is 9.08. The lowest BCUT2D eigenvalue weighted by molar-refractivity contribution is 0.281. The van der Waals surface area contributed by atoms with Crippen LogP contribution in [0.4, 0.5) is 0 Å². The predicted molar refractivity (Wildman–Crippen MR) is 126 cm³/mol. The maximum atomic E-state index is 6.29. The van der Waals surface area contributed by atoms with Gasteiger partial charge in [-0.2, -0.15) is 5.10 Å². The summed E-state index contributed by atoms with van der Waals surface area (Å²) in [6.07, 6.45) is 1.76. The van der Waals surface area contributed by atoms with E-state index in [4.69, 9.17) is 44.9 Å². The van der Waals surface area contributed by atoms with Crippen LogP contribution in [0.5, 0.6) is 11.5 Å². The van der Waals surface area contributed by atoms with Crippen molar-refractivity contribution in [3.63, 3.8) is 0 Å².